The number of halogens is 2. The molecule has 3 nitrogen and oxygen atoms in total. The maximum Gasteiger partial charge on any atom is 0.143 e. The van der Waals surface area contributed by atoms with Crippen LogP contribution in [0.4, 0.5) is 4.39 Å². The molecule has 1 N–H and O–H groups in total. The maximum atomic E-state index is 13.5. The minimum Gasteiger partial charge on any atom is -0.309 e. The van der Waals surface area contributed by atoms with Crippen molar-refractivity contribution in [1.82, 2.24) is 14.9 Å². The number of hydrogen-bond acceptors (Lipinski definition) is 2. The van der Waals surface area contributed by atoms with Crippen molar-refractivity contribution in [3.63, 3.8) is 0 Å². The van der Waals surface area contributed by atoms with Crippen LogP contribution in [-0.4, -0.2) is 16.1 Å². The molecular weight excluding hydrogens is 253 g/mol. The Balaban J connectivity index is 2.00. The van der Waals surface area contributed by atoms with Gasteiger partial charge < -0.3 is 9.88 Å². The molecule has 1 aromatic heterocycles. The molecule has 5 heteroatoms. The van der Waals surface area contributed by atoms with Crippen LogP contribution in [0.2, 0.25) is 5.02 Å². The normalized spacial score (nSPS) is 19.3. The molecule has 1 aliphatic heterocycles. The first-order valence-electron chi connectivity index (χ1n) is 5.97. The van der Waals surface area contributed by atoms with Crippen molar-refractivity contribution < 1.29 is 4.39 Å². The molecular formula is C13H13ClFN3. The van der Waals surface area contributed by atoms with Gasteiger partial charge in [-0.15, -0.1) is 0 Å². The second-order valence-electron chi connectivity index (χ2n) is 4.44. The van der Waals surface area contributed by atoms with E-state index >= 15 is 0 Å². The summed E-state index contributed by atoms with van der Waals surface area (Å²) in [6.07, 6.45) is 5.78. The molecule has 0 spiro atoms. The summed E-state index contributed by atoms with van der Waals surface area (Å²) in [5, 5.41) is 3.55. The highest BCUT2D eigenvalue weighted by atomic mass is 35.5. The Hall–Kier alpha value is -1.39. The molecule has 3 rings (SSSR count). The molecule has 2 heterocycles. The molecule has 1 saturated heterocycles. The lowest BCUT2D eigenvalue weighted by molar-refractivity contribution is 0.609. The van der Waals surface area contributed by atoms with Gasteiger partial charge >= 0.3 is 0 Å². The highest BCUT2D eigenvalue weighted by Crippen LogP contribution is 2.26. The summed E-state index contributed by atoms with van der Waals surface area (Å²) < 4.78 is 15.4. The van der Waals surface area contributed by atoms with Crippen LogP contribution in [0.15, 0.2) is 30.7 Å². The van der Waals surface area contributed by atoms with Crippen LogP contribution >= 0.6 is 11.6 Å². The van der Waals surface area contributed by atoms with Crippen LogP contribution in [0.25, 0.3) is 5.69 Å². The van der Waals surface area contributed by atoms with E-state index in [4.69, 9.17) is 11.6 Å². The number of hydrogen-bond donors (Lipinski definition) is 1. The number of benzene rings is 1. The Morgan fingerprint density at radius 2 is 2.33 bits per heavy atom. The lowest BCUT2D eigenvalue weighted by Crippen LogP contribution is -2.16. The van der Waals surface area contributed by atoms with Crippen LogP contribution in [-0.2, 0) is 0 Å². The molecule has 0 amide bonds. The second kappa shape index (κ2) is 4.71. The third-order valence-electron chi connectivity index (χ3n) is 3.27. The van der Waals surface area contributed by atoms with Gasteiger partial charge in [0.25, 0.3) is 0 Å². The van der Waals surface area contributed by atoms with E-state index in [0.29, 0.717) is 6.04 Å². The maximum absolute atomic E-state index is 13.5. The number of nitrogens with one attached hydrogen (secondary N) is 1. The molecule has 0 bridgehead atoms. The molecule has 1 aliphatic rings. The monoisotopic (exact) mass is 265 g/mol. The first-order chi connectivity index (χ1) is 8.75. The lowest BCUT2D eigenvalue weighted by atomic mass is 10.1. The minimum atomic E-state index is -0.409. The standard InChI is InChI=1S/C13H13ClFN3/c14-10-4-3-9(6-11(10)15)18-8-16-7-13(18)12-2-1-5-17-12/h3-4,6-8,12,17H,1-2,5H2. The minimum absolute atomic E-state index is 0.138. The van der Waals surface area contributed by atoms with Crippen molar-refractivity contribution in [2.24, 2.45) is 0 Å². The number of nitrogens with zero attached hydrogens (tertiary/aromatic N) is 2. The largest absolute Gasteiger partial charge is 0.309 e. The molecule has 18 heavy (non-hydrogen) atoms. The van der Waals surface area contributed by atoms with Gasteiger partial charge in [-0.25, -0.2) is 9.37 Å². The van der Waals surface area contributed by atoms with Gasteiger partial charge in [0.15, 0.2) is 0 Å². The summed E-state index contributed by atoms with van der Waals surface area (Å²) in [6.45, 7) is 1.02. The summed E-state index contributed by atoms with van der Waals surface area (Å²) in [5.41, 5.74) is 1.81. The third-order valence-corrected chi connectivity index (χ3v) is 3.57. The average molecular weight is 266 g/mol. The summed E-state index contributed by atoms with van der Waals surface area (Å²) >= 11 is 5.70. The lowest BCUT2D eigenvalue weighted by Gasteiger charge is -2.14. The molecule has 0 saturated carbocycles. The Kier molecular flexibility index (Phi) is 3.06. The zero-order chi connectivity index (χ0) is 12.5. The first kappa shape index (κ1) is 11.7. The van der Waals surface area contributed by atoms with Gasteiger partial charge in [0, 0.05) is 11.7 Å². The van der Waals surface area contributed by atoms with E-state index in [9.17, 15) is 4.39 Å². The highest BCUT2D eigenvalue weighted by Gasteiger charge is 2.20. The Morgan fingerprint density at radius 3 is 3.06 bits per heavy atom. The van der Waals surface area contributed by atoms with Gasteiger partial charge in [-0.3, -0.25) is 0 Å². The van der Waals surface area contributed by atoms with Gasteiger partial charge in [-0.05, 0) is 37.6 Å². The quantitative estimate of drug-likeness (QED) is 0.904. The fraction of sp³-hybridized carbons (Fsp3) is 0.308. The summed E-state index contributed by atoms with van der Waals surface area (Å²) in [7, 11) is 0. The van der Waals surface area contributed by atoms with E-state index in [1.165, 1.54) is 6.07 Å². The van der Waals surface area contributed by atoms with E-state index in [1.54, 1.807) is 18.5 Å². The Labute approximate surface area is 110 Å². The molecule has 1 fully saturated rings. The van der Waals surface area contributed by atoms with E-state index in [1.807, 2.05) is 10.8 Å². The van der Waals surface area contributed by atoms with Crippen molar-refractivity contribution in [2.45, 2.75) is 18.9 Å². The first-order valence-corrected chi connectivity index (χ1v) is 6.34. The molecule has 1 atom stereocenters. The molecule has 0 aliphatic carbocycles. The van der Waals surface area contributed by atoms with Crippen LogP contribution in [0.5, 0.6) is 0 Å². The Morgan fingerprint density at radius 1 is 1.44 bits per heavy atom. The zero-order valence-corrected chi connectivity index (χ0v) is 10.5. The third kappa shape index (κ3) is 2.02. The van der Waals surface area contributed by atoms with Crippen LogP contribution < -0.4 is 5.32 Å². The summed E-state index contributed by atoms with van der Waals surface area (Å²) in [5.74, 6) is -0.409. The van der Waals surface area contributed by atoms with Gasteiger partial charge in [0.2, 0.25) is 0 Å². The van der Waals surface area contributed by atoms with Crippen molar-refractivity contribution >= 4 is 11.6 Å². The topological polar surface area (TPSA) is 29.9 Å². The molecule has 94 valence electrons. The fourth-order valence-corrected chi connectivity index (χ4v) is 2.47. The molecule has 1 aromatic carbocycles. The number of aromatic nitrogens is 2. The van der Waals surface area contributed by atoms with Crippen molar-refractivity contribution in [2.75, 3.05) is 6.54 Å². The molecule has 0 radical (unpaired) electrons. The van der Waals surface area contributed by atoms with E-state index in [0.717, 1.165) is 30.8 Å². The fourth-order valence-electron chi connectivity index (χ4n) is 2.35. The Bertz CT molecular complexity index is 561. The highest BCUT2D eigenvalue weighted by molar-refractivity contribution is 6.30. The van der Waals surface area contributed by atoms with Gasteiger partial charge in [0.05, 0.1) is 23.2 Å². The van der Waals surface area contributed by atoms with Crippen molar-refractivity contribution in [1.29, 1.82) is 0 Å². The van der Waals surface area contributed by atoms with E-state index in [-0.39, 0.29) is 5.02 Å². The van der Waals surface area contributed by atoms with E-state index in [2.05, 4.69) is 10.3 Å². The number of rotatable bonds is 2. The van der Waals surface area contributed by atoms with Crippen LogP contribution in [0.3, 0.4) is 0 Å². The van der Waals surface area contributed by atoms with E-state index < -0.39 is 5.82 Å². The molecule has 1 unspecified atom stereocenters. The average Bonchev–Trinajstić information content (AvgIpc) is 3.00. The predicted molar refractivity (Wildman–Crippen MR) is 68.5 cm³/mol. The summed E-state index contributed by atoms with van der Waals surface area (Å²) in [4.78, 5) is 4.16. The molecule has 2 aromatic rings. The van der Waals surface area contributed by atoms with Gasteiger partial charge in [0.1, 0.15) is 5.82 Å². The predicted octanol–water partition coefficient (Wildman–Crippen LogP) is 3.09. The van der Waals surface area contributed by atoms with Crippen molar-refractivity contribution in [3.05, 3.63) is 47.3 Å². The number of imidazole rings is 1. The van der Waals surface area contributed by atoms with Crippen LogP contribution in [0, 0.1) is 5.82 Å². The van der Waals surface area contributed by atoms with Gasteiger partial charge in [-0.1, -0.05) is 11.6 Å². The zero-order valence-electron chi connectivity index (χ0n) is 9.74. The van der Waals surface area contributed by atoms with Crippen molar-refractivity contribution in [3.8, 4) is 5.69 Å². The second-order valence-corrected chi connectivity index (χ2v) is 4.84. The summed E-state index contributed by atoms with van der Waals surface area (Å²) in [6, 6.07) is 5.10. The SMILES string of the molecule is Fc1cc(-n2cncc2C2CCCN2)ccc1Cl. The van der Waals surface area contributed by atoms with Gasteiger partial charge in [-0.2, -0.15) is 0 Å². The van der Waals surface area contributed by atoms with Crippen LogP contribution in [0.1, 0.15) is 24.6 Å². The smallest absolute Gasteiger partial charge is 0.143 e.